The molecule has 0 aromatic heterocycles. The van der Waals surface area contributed by atoms with E-state index < -0.39 is 17.9 Å². The Hall–Kier alpha value is -1.84. The maximum absolute atomic E-state index is 11.8. The topological polar surface area (TPSA) is 52.6 Å². The van der Waals surface area contributed by atoms with Gasteiger partial charge in [-0.1, -0.05) is 24.8 Å². The quantitative estimate of drug-likeness (QED) is 0.698. The van der Waals surface area contributed by atoms with E-state index >= 15 is 0 Å². The normalized spacial score (nSPS) is 18.6. The molecule has 0 aromatic carbocycles. The largest absolute Gasteiger partial charge is 0.465 e. The molecular weight excluding hydrogens is 220 g/mol. The van der Waals surface area contributed by atoms with Crippen molar-refractivity contribution in [3.8, 4) is 0 Å². The standard InChI is InChI=1S/C13H16O4/c1-4-16-12(14)10-8-6-7-9(3)11(10)13(15)17-5-2/h6-8,11H,3-5H2,1-2H3. The van der Waals surface area contributed by atoms with Crippen LogP contribution in [0.5, 0.6) is 0 Å². The molecule has 0 saturated heterocycles. The van der Waals surface area contributed by atoms with Crippen molar-refractivity contribution in [1.29, 1.82) is 0 Å². The molecule has 1 unspecified atom stereocenters. The van der Waals surface area contributed by atoms with Crippen LogP contribution in [0.15, 0.2) is 36.0 Å². The van der Waals surface area contributed by atoms with Gasteiger partial charge in [-0.15, -0.1) is 0 Å². The van der Waals surface area contributed by atoms with Gasteiger partial charge in [0.1, 0.15) is 5.92 Å². The van der Waals surface area contributed by atoms with Gasteiger partial charge in [-0.05, 0) is 19.4 Å². The van der Waals surface area contributed by atoms with Crippen LogP contribution in [0.3, 0.4) is 0 Å². The van der Waals surface area contributed by atoms with Crippen LogP contribution in [-0.2, 0) is 19.1 Å². The van der Waals surface area contributed by atoms with E-state index in [1.165, 1.54) is 0 Å². The van der Waals surface area contributed by atoms with Gasteiger partial charge in [0.05, 0.1) is 18.8 Å². The molecule has 0 aromatic rings. The summed E-state index contributed by atoms with van der Waals surface area (Å²) in [5, 5.41) is 0. The molecule has 1 atom stereocenters. The first-order valence-corrected chi connectivity index (χ1v) is 5.52. The van der Waals surface area contributed by atoms with Gasteiger partial charge in [0.25, 0.3) is 0 Å². The summed E-state index contributed by atoms with van der Waals surface area (Å²) in [7, 11) is 0. The summed E-state index contributed by atoms with van der Waals surface area (Å²) in [6.07, 6.45) is 4.92. The second-order valence-corrected chi connectivity index (χ2v) is 3.46. The highest BCUT2D eigenvalue weighted by atomic mass is 16.5. The Morgan fingerprint density at radius 2 is 1.94 bits per heavy atom. The fraction of sp³-hybridized carbons (Fsp3) is 0.385. The summed E-state index contributed by atoms with van der Waals surface area (Å²) in [6.45, 7) is 7.72. The molecule has 0 saturated carbocycles. The summed E-state index contributed by atoms with van der Waals surface area (Å²) >= 11 is 0. The Morgan fingerprint density at radius 1 is 1.29 bits per heavy atom. The number of carbonyl (C=O) groups is 2. The van der Waals surface area contributed by atoms with Gasteiger partial charge in [0.2, 0.25) is 0 Å². The predicted octanol–water partition coefficient (Wildman–Crippen LogP) is 1.78. The molecule has 1 aliphatic rings. The van der Waals surface area contributed by atoms with Crippen LogP contribution in [0.2, 0.25) is 0 Å². The zero-order valence-electron chi connectivity index (χ0n) is 10.1. The van der Waals surface area contributed by atoms with Gasteiger partial charge in [-0.3, -0.25) is 4.79 Å². The molecule has 0 radical (unpaired) electrons. The third-order valence-corrected chi connectivity index (χ3v) is 2.30. The van der Waals surface area contributed by atoms with Crippen LogP contribution < -0.4 is 0 Å². The van der Waals surface area contributed by atoms with Crippen molar-refractivity contribution >= 4 is 11.9 Å². The smallest absolute Gasteiger partial charge is 0.335 e. The molecule has 1 aliphatic carbocycles. The minimum Gasteiger partial charge on any atom is -0.465 e. The number of ether oxygens (including phenoxy) is 2. The molecule has 1 rings (SSSR count). The molecule has 0 spiro atoms. The van der Waals surface area contributed by atoms with Gasteiger partial charge in [0, 0.05) is 0 Å². The van der Waals surface area contributed by atoms with Crippen LogP contribution in [0.1, 0.15) is 13.8 Å². The number of allylic oxidation sites excluding steroid dienone is 3. The summed E-state index contributed by atoms with van der Waals surface area (Å²) < 4.78 is 9.83. The van der Waals surface area contributed by atoms with Crippen molar-refractivity contribution in [2.45, 2.75) is 13.8 Å². The molecule has 0 heterocycles. The maximum atomic E-state index is 11.8. The van der Waals surface area contributed by atoms with Gasteiger partial charge in [-0.2, -0.15) is 0 Å². The maximum Gasteiger partial charge on any atom is 0.335 e. The Labute approximate surface area is 101 Å². The lowest BCUT2D eigenvalue weighted by Gasteiger charge is -2.20. The fourth-order valence-corrected chi connectivity index (χ4v) is 1.57. The molecule has 4 nitrogen and oxygen atoms in total. The first-order valence-electron chi connectivity index (χ1n) is 5.52. The third kappa shape index (κ3) is 3.06. The van der Waals surface area contributed by atoms with E-state index in [1.54, 1.807) is 32.1 Å². The van der Waals surface area contributed by atoms with Gasteiger partial charge in [-0.25, -0.2) is 4.79 Å². The minimum absolute atomic E-state index is 0.266. The van der Waals surface area contributed by atoms with E-state index in [2.05, 4.69) is 6.58 Å². The Morgan fingerprint density at radius 3 is 2.53 bits per heavy atom. The monoisotopic (exact) mass is 236 g/mol. The highest BCUT2D eigenvalue weighted by Crippen LogP contribution is 2.26. The number of hydrogen-bond acceptors (Lipinski definition) is 4. The highest BCUT2D eigenvalue weighted by Gasteiger charge is 2.32. The molecular formula is C13H16O4. The molecule has 92 valence electrons. The van der Waals surface area contributed by atoms with Crippen LogP contribution in [0, 0.1) is 5.92 Å². The minimum atomic E-state index is -0.751. The first-order chi connectivity index (χ1) is 8.11. The Bertz CT molecular complexity index is 390. The lowest BCUT2D eigenvalue weighted by molar-refractivity contribution is -0.148. The molecule has 0 bridgehead atoms. The van der Waals surface area contributed by atoms with E-state index in [-0.39, 0.29) is 18.8 Å². The second kappa shape index (κ2) is 6.03. The molecule has 0 N–H and O–H groups in total. The fourth-order valence-electron chi connectivity index (χ4n) is 1.57. The predicted molar refractivity (Wildman–Crippen MR) is 63.1 cm³/mol. The van der Waals surface area contributed by atoms with Crippen molar-refractivity contribution in [2.24, 2.45) is 5.92 Å². The lowest BCUT2D eigenvalue weighted by atomic mass is 9.88. The highest BCUT2D eigenvalue weighted by molar-refractivity contribution is 5.98. The summed E-state index contributed by atoms with van der Waals surface area (Å²) in [5.74, 6) is -1.73. The first kappa shape index (κ1) is 13.2. The average molecular weight is 236 g/mol. The second-order valence-electron chi connectivity index (χ2n) is 3.46. The summed E-state index contributed by atoms with van der Waals surface area (Å²) in [6, 6.07) is 0. The summed E-state index contributed by atoms with van der Waals surface area (Å²) in [4.78, 5) is 23.5. The van der Waals surface area contributed by atoms with Crippen LogP contribution >= 0.6 is 0 Å². The zero-order valence-corrected chi connectivity index (χ0v) is 10.1. The van der Waals surface area contributed by atoms with Gasteiger partial charge in [0.15, 0.2) is 0 Å². The SMILES string of the molecule is C=C1C=CC=C(C(=O)OCC)C1C(=O)OCC. The van der Waals surface area contributed by atoms with Gasteiger partial charge < -0.3 is 9.47 Å². The number of esters is 2. The van der Waals surface area contributed by atoms with Crippen LogP contribution in [-0.4, -0.2) is 25.2 Å². The molecule has 0 amide bonds. The number of hydrogen-bond donors (Lipinski definition) is 0. The van der Waals surface area contributed by atoms with Gasteiger partial charge >= 0.3 is 11.9 Å². The van der Waals surface area contributed by atoms with Crippen molar-refractivity contribution in [3.05, 3.63) is 36.0 Å². The van der Waals surface area contributed by atoms with Crippen molar-refractivity contribution in [1.82, 2.24) is 0 Å². The van der Waals surface area contributed by atoms with Crippen LogP contribution in [0.25, 0.3) is 0 Å². The van der Waals surface area contributed by atoms with Crippen molar-refractivity contribution < 1.29 is 19.1 Å². The van der Waals surface area contributed by atoms with E-state index in [0.717, 1.165) is 0 Å². The molecule has 0 aliphatic heterocycles. The number of rotatable bonds is 4. The average Bonchev–Trinajstić information content (AvgIpc) is 2.29. The molecule has 17 heavy (non-hydrogen) atoms. The van der Waals surface area contributed by atoms with E-state index in [1.807, 2.05) is 0 Å². The van der Waals surface area contributed by atoms with E-state index in [9.17, 15) is 9.59 Å². The molecule has 0 fully saturated rings. The Balaban J connectivity index is 2.94. The van der Waals surface area contributed by atoms with E-state index in [4.69, 9.17) is 9.47 Å². The van der Waals surface area contributed by atoms with Crippen molar-refractivity contribution in [3.63, 3.8) is 0 Å². The summed E-state index contributed by atoms with van der Waals surface area (Å²) in [5.41, 5.74) is 0.812. The van der Waals surface area contributed by atoms with E-state index in [0.29, 0.717) is 5.57 Å². The molecule has 4 heteroatoms. The van der Waals surface area contributed by atoms with Crippen LogP contribution in [0.4, 0.5) is 0 Å². The lowest BCUT2D eigenvalue weighted by Crippen LogP contribution is -2.27. The number of carbonyl (C=O) groups excluding carboxylic acids is 2. The van der Waals surface area contributed by atoms with Crippen molar-refractivity contribution in [2.75, 3.05) is 13.2 Å². The zero-order chi connectivity index (χ0) is 12.8. The Kier molecular flexibility index (Phi) is 4.69. The third-order valence-electron chi connectivity index (χ3n) is 2.30.